The molecule has 8 heteroatoms. The second-order valence-electron chi connectivity index (χ2n) is 8.17. The lowest BCUT2D eigenvalue weighted by molar-refractivity contribution is 0.0739. The van der Waals surface area contributed by atoms with Gasteiger partial charge in [-0.2, -0.15) is 5.10 Å². The van der Waals surface area contributed by atoms with E-state index in [9.17, 15) is 9.59 Å². The minimum absolute atomic E-state index is 0.348. The number of carbonyl (C=O) groups is 2. The van der Waals surface area contributed by atoms with Crippen molar-refractivity contribution in [2.24, 2.45) is 5.10 Å². The van der Waals surface area contributed by atoms with Gasteiger partial charge in [-0.3, -0.25) is 4.79 Å². The number of nitrogens with one attached hydrogen (secondary N) is 1. The van der Waals surface area contributed by atoms with Crippen molar-refractivity contribution in [3.8, 4) is 11.5 Å². The lowest BCUT2D eigenvalue weighted by Gasteiger charge is -2.10. The molecule has 1 amide bonds. The van der Waals surface area contributed by atoms with Crippen LogP contribution in [0.1, 0.15) is 31.2 Å². The van der Waals surface area contributed by atoms with E-state index in [-0.39, 0.29) is 0 Å². The van der Waals surface area contributed by atoms with Gasteiger partial charge in [-0.05, 0) is 53.6 Å². The summed E-state index contributed by atoms with van der Waals surface area (Å²) in [4.78, 5) is 25.7. The average molecular weight is 541 g/mol. The molecule has 0 aliphatic rings. The van der Waals surface area contributed by atoms with Crippen LogP contribution in [-0.2, 0) is 6.61 Å². The summed E-state index contributed by atoms with van der Waals surface area (Å²) in [5, 5.41) is 5.26. The first-order valence-electron chi connectivity index (χ1n) is 11.7. The molecule has 5 aromatic rings. The van der Waals surface area contributed by atoms with Crippen molar-refractivity contribution in [3.63, 3.8) is 0 Å². The van der Waals surface area contributed by atoms with Crippen LogP contribution in [0.2, 0.25) is 5.02 Å². The van der Waals surface area contributed by atoms with Gasteiger partial charge >= 0.3 is 5.97 Å². The van der Waals surface area contributed by atoms with Gasteiger partial charge in [0.1, 0.15) is 23.0 Å². The molecule has 0 saturated heterocycles. The summed E-state index contributed by atoms with van der Waals surface area (Å²) >= 11 is 7.67. The number of hydrazone groups is 1. The molecule has 1 heterocycles. The van der Waals surface area contributed by atoms with Crippen LogP contribution in [0.5, 0.6) is 11.5 Å². The molecule has 1 aromatic heterocycles. The predicted octanol–water partition coefficient (Wildman–Crippen LogP) is 7.12. The van der Waals surface area contributed by atoms with E-state index in [1.807, 2.05) is 60.7 Å². The molecule has 0 unspecified atom stereocenters. The third-order valence-electron chi connectivity index (χ3n) is 5.56. The SMILES string of the molecule is O=C(NN=Cc1ccc(OC(=O)c2sc3ccccc3c2Cl)cc1)c1ccccc1OCc1ccccc1. The van der Waals surface area contributed by atoms with E-state index in [1.54, 1.807) is 42.5 Å². The highest BCUT2D eigenvalue weighted by Crippen LogP contribution is 2.35. The van der Waals surface area contributed by atoms with Gasteiger partial charge in [-0.1, -0.05) is 72.3 Å². The van der Waals surface area contributed by atoms with Crippen molar-refractivity contribution in [1.82, 2.24) is 5.43 Å². The summed E-state index contributed by atoms with van der Waals surface area (Å²) < 4.78 is 12.3. The van der Waals surface area contributed by atoms with E-state index in [0.29, 0.717) is 39.1 Å². The Morgan fingerprint density at radius 3 is 2.37 bits per heavy atom. The smallest absolute Gasteiger partial charge is 0.355 e. The number of para-hydroxylation sites is 1. The van der Waals surface area contributed by atoms with Crippen LogP contribution in [0.3, 0.4) is 0 Å². The number of esters is 1. The Hall–Kier alpha value is -4.46. The summed E-state index contributed by atoms with van der Waals surface area (Å²) in [6, 6.07) is 31.0. The van der Waals surface area contributed by atoms with Gasteiger partial charge in [0.15, 0.2) is 0 Å². The molecular formula is C30H21ClN2O4S. The minimum atomic E-state index is -0.516. The van der Waals surface area contributed by atoms with Gasteiger partial charge in [0.2, 0.25) is 0 Å². The van der Waals surface area contributed by atoms with E-state index in [2.05, 4.69) is 10.5 Å². The van der Waals surface area contributed by atoms with Gasteiger partial charge < -0.3 is 9.47 Å². The van der Waals surface area contributed by atoms with Gasteiger partial charge in [-0.15, -0.1) is 11.3 Å². The number of carbonyl (C=O) groups excluding carboxylic acids is 2. The number of amides is 1. The second kappa shape index (κ2) is 11.7. The third-order valence-corrected chi connectivity index (χ3v) is 7.21. The van der Waals surface area contributed by atoms with Crippen LogP contribution in [0.15, 0.2) is 108 Å². The molecule has 0 fully saturated rings. The van der Waals surface area contributed by atoms with Gasteiger partial charge in [0.25, 0.3) is 5.91 Å². The first-order valence-corrected chi connectivity index (χ1v) is 12.9. The van der Waals surface area contributed by atoms with E-state index < -0.39 is 11.9 Å². The molecule has 38 heavy (non-hydrogen) atoms. The van der Waals surface area contributed by atoms with Crippen LogP contribution in [0.25, 0.3) is 10.1 Å². The molecule has 4 aromatic carbocycles. The highest BCUT2D eigenvalue weighted by Gasteiger charge is 2.19. The van der Waals surface area contributed by atoms with Crippen molar-refractivity contribution in [3.05, 3.63) is 130 Å². The fraction of sp³-hybridized carbons (Fsp3) is 0.0333. The maximum Gasteiger partial charge on any atom is 0.355 e. The normalized spacial score (nSPS) is 11.0. The van der Waals surface area contributed by atoms with Gasteiger partial charge in [-0.25, -0.2) is 10.2 Å². The monoisotopic (exact) mass is 540 g/mol. The van der Waals surface area contributed by atoms with Crippen molar-refractivity contribution in [2.75, 3.05) is 0 Å². The molecule has 188 valence electrons. The van der Waals surface area contributed by atoms with Crippen molar-refractivity contribution in [1.29, 1.82) is 0 Å². The number of fused-ring (bicyclic) bond motifs is 1. The van der Waals surface area contributed by atoms with Crippen molar-refractivity contribution < 1.29 is 19.1 Å². The quantitative estimate of drug-likeness (QED) is 0.0984. The summed E-state index contributed by atoms with van der Waals surface area (Å²) in [6.45, 7) is 0.348. The van der Waals surface area contributed by atoms with Gasteiger partial charge in [0, 0.05) is 10.1 Å². The number of ether oxygens (including phenoxy) is 2. The number of nitrogens with zero attached hydrogens (tertiary/aromatic N) is 1. The lowest BCUT2D eigenvalue weighted by atomic mass is 10.2. The Morgan fingerprint density at radius 1 is 0.868 bits per heavy atom. The molecule has 5 rings (SSSR count). The van der Waals surface area contributed by atoms with E-state index in [4.69, 9.17) is 21.1 Å². The molecular weight excluding hydrogens is 520 g/mol. The number of hydrogen-bond donors (Lipinski definition) is 1. The lowest BCUT2D eigenvalue weighted by Crippen LogP contribution is -2.18. The summed E-state index contributed by atoms with van der Waals surface area (Å²) in [5.41, 5.74) is 4.61. The molecule has 6 nitrogen and oxygen atoms in total. The Kier molecular flexibility index (Phi) is 7.78. The van der Waals surface area contributed by atoms with E-state index in [1.165, 1.54) is 17.6 Å². The fourth-order valence-electron chi connectivity index (χ4n) is 3.66. The third kappa shape index (κ3) is 5.91. The van der Waals surface area contributed by atoms with Crippen molar-refractivity contribution in [2.45, 2.75) is 6.61 Å². The van der Waals surface area contributed by atoms with Crippen LogP contribution in [0, 0.1) is 0 Å². The summed E-state index contributed by atoms with van der Waals surface area (Å²) in [5.74, 6) is -0.0723. The summed E-state index contributed by atoms with van der Waals surface area (Å²) in [7, 11) is 0. The number of halogens is 1. The first kappa shape index (κ1) is 25.2. The predicted molar refractivity (Wildman–Crippen MR) is 151 cm³/mol. The van der Waals surface area contributed by atoms with E-state index in [0.717, 1.165) is 15.6 Å². The number of hydrogen-bond acceptors (Lipinski definition) is 6. The summed E-state index contributed by atoms with van der Waals surface area (Å²) in [6.07, 6.45) is 1.50. The number of benzene rings is 4. The zero-order chi connectivity index (χ0) is 26.3. The molecule has 0 bridgehead atoms. The van der Waals surface area contributed by atoms with Crippen LogP contribution in [-0.4, -0.2) is 18.1 Å². The highest BCUT2D eigenvalue weighted by atomic mass is 35.5. The fourth-order valence-corrected chi connectivity index (χ4v) is 5.05. The zero-order valence-corrected chi connectivity index (χ0v) is 21.5. The average Bonchev–Trinajstić information content (AvgIpc) is 3.30. The van der Waals surface area contributed by atoms with Crippen molar-refractivity contribution >= 4 is 51.1 Å². The Bertz CT molecular complexity index is 1610. The number of rotatable bonds is 8. The zero-order valence-electron chi connectivity index (χ0n) is 20.0. The largest absolute Gasteiger partial charge is 0.488 e. The Balaban J connectivity index is 1.18. The first-order chi connectivity index (χ1) is 18.6. The molecule has 0 radical (unpaired) electrons. The molecule has 0 aliphatic carbocycles. The molecule has 1 N–H and O–H groups in total. The van der Waals surface area contributed by atoms with Crippen LogP contribution in [0.4, 0.5) is 0 Å². The van der Waals surface area contributed by atoms with E-state index >= 15 is 0 Å². The maximum atomic E-state index is 12.7. The standard InChI is InChI=1S/C30H21ClN2O4S/c31-27-24-11-5-7-13-26(24)38-28(27)30(35)37-22-16-14-20(15-17-22)18-32-33-29(34)23-10-4-6-12-25(23)36-19-21-8-2-1-3-9-21/h1-18H,19H2,(H,33,34). The molecule has 0 saturated carbocycles. The molecule has 0 aliphatic heterocycles. The minimum Gasteiger partial charge on any atom is -0.488 e. The highest BCUT2D eigenvalue weighted by molar-refractivity contribution is 7.21. The van der Waals surface area contributed by atoms with Crippen LogP contribution < -0.4 is 14.9 Å². The van der Waals surface area contributed by atoms with Crippen LogP contribution >= 0.6 is 22.9 Å². The van der Waals surface area contributed by atoms with Gasteiger partial charge in [0.05, 0.1) is 16.8 Å². The molecule has 0 spiro atoms. The Morgan fingerprint density at radius 2 is 1.58 bits per heavy atom. The maximum absolute atomic E-state index is 12.7. The number of thiophene rings is 1. The topological polar surface area (TPSA) is 77.0 Å². The molecule has 0 atom stereocenters. The second-order valence-corrected chi connectivity index (χ2v) is 9.60. The Labute approximate surface area is 228 Å².